The Balaban J connectivity index is 2.22. The number of amides is 2. The van der Waals surface area contributed by atoms with Gasteiger partial charge in [-0.25, -0.2) is 0 Å². The summed E-state index contributed by atoms with van der Waals surface area (Å²) in [5.41, 5.74) is 0.854. The van der Waals surface area contributed by atoms with Gasteiger partial charge in [0.05, 0.1) is 16.0 Å². The zero-order chi connectivity index (χ0) is 15.4. The van der Waals surface area contributed by atoms with E-state index in [1.165, 1.54) is 4.90 Å². The summed E-state index contributed by atoms with van der Waals surface area (Å²) in [7, 11) is 0. The van der Waals surface area contributed by atoms with Gasteiger partial charge in [0.15, 0.2) is 0 Å². The van der Waals surface area contributed by atoms with Crippen molar-refractivity contribution in [2.45, 2.75) is 20.3 Å². The Hall–Kier alpha value is -1.27. The van der Waals surface area contributed by atoms with Crippen LogP contribution in [0.25, 0.3) is 6.08 Å². The van der Waals surface area contributed by atoms with E-state index in [-0.39, 0.29) is 11.1 Å². The van der Waals surface area contributed by atoms with Crippen molar-refractivity contribution in [3.8, 4) is 5.75 Å². The fourth-order valence-electron chi connectivity index (χ4n) is 1.95. The SMILES string of the molecule is CCCN1C(=O)S/C(=C/c2ccc(OCC)c(Br)c2)C1=O. The van der Waals surface area contributed by atoms with Gasteiger partial charge in [-0.05, 0) is 64.8 Å². The van der Waals surface area contributed by atoms with Gasteiger partial charge in [0.1, 0.15) is 5.75 Å². The second kappa shape index (κ2) is 7.13. The third kappa shape index (κ3) is 3.68. The van der Waals surface area contributed by atoms with Crippen LogP contribution in [0, 0.1) is 0 Å². The maximum atomic E-state index is 12.1. The molecule has 4 nitrogen and oxygen atoms in total. The van der Waals surface area contributed by atoms with Crippen LogP contribution in [0.1, 0.15) is 25.8 Å². The monoisotopic (exact) mass is 369 g/mol. The largest absolute Gasteiger partial charge is 0.493 e. The molecular formula is C15H16BrNO3S. The van der Waals surface area contributed by atoms with Gasteiger partial charge in [-0.3, -0.25) is 14.5 Å². The standard InChI is InChI=1S/C15H16BrNO3S/c1-3-7-17-14(18)13(21-15(17)19)9-10-5-6-12(20-4-2)11(16)8-10/h5-6,8-9H,3-4,7H2,1-2H3/b13-9+. The average Bonchev–Trinajstić information content (AvgIpc) is 2.70. The fourth-order valence-corrected chi connectivity index (χ4v) is 3.32. The lowest BCUT2D eigenvalue weighted by molar-refractivity contribution is -0.122. The highest BCUT2D eigenvalue weighted by atomic mass is 79.9. The normalized spacial score (nSPS) is 16.9. The van der Waals surface area contributed by atoms with E-state index < -0.39 is 0 Å². The number of imide groups is 1. The van der Waals surface area contributed by atoms with Crippen molar-refractivity contribution in [3.05, 3.63) is 33.1 Å². The van der Waals surface area contributed by atoms with Crippen molar-refractivity contribution >= 4 is 44.9 Å². The molecule has 112 valence electrons. The number of thioether (sulfide) groups is 1. The summed E-state index contributed by atoms with van der Waals surface area (Å²) < 4.78 is 6.27. The Kier molecular flexibility index (Phi) is 5.47. The molecule has 1 heterocycles. The van der Waals surface area contributed by atoms with Gasteiger partial charge in [0, 0.05) is 6.54 Å². The maximum absolute atomic E-state index is 12.1. The van der Waals surface area contributed by atoms with Crippen LogP contribution in [0.4, 0.5) is 4.79 Å². The lowest BCUT2D eigenvalue weighted by atomic mass is 10.2. The Morgan fingerprint density at radius 2 is 2.10 bits per heavy atom. The molecule has 0 saturated carbocycles. The van der Waals surface area contributed by atoms with Crippen LogP contribution in [0.3, 0.4) is 0 Å². The van der Waals surface area contributed by atoms with Crippen molar-refractivity contribution in [3.63, 3.8) is 0 Å². The molecule has 0 aromatic heterocycles. The van der Waals surface area contributed by atoms with Crippen molar-refractivity contribution in [2.24, 2.45) is 0 Å². The highest BCUT2D eigenvalue weighted by Gasteiger charge is 2.34. The number of hydrogen-bond donors (Lipinski definition) is 0. The number of halogens is 1. The van der Waals surface area contributed by atoms with Gasteiger partial charge < -0.3 is 4.74 Å². The van der Waals surface area contributed by atoms with Crippen LogP contribution in [0.15, 0.2) is 27.6 Å². The highest BCUT2D eigenvalue weighted by molar-refractivity contribution is 9.10. The predicted octanol–water partition coefficient (Wildman–Crippen LogP) is 4.29. The molecule has 1 fully saturated rings. The highest BCUT2D eigenvalue weighted by Crippen LogP contribution is 2.33. The lowest BCUT2D eigenvalue weighted by Gasteiger charge is -2.09. The maximum Gasteiger partial charge on any atom is 0.293 e. The summed E-state index contributed by atoms with van der Waals surface area (Å²) in [6.07, 6.45) is 2.50. The third-order valence-electron chi connectivity index (χ3n) is 2.87. The smallest absolute Gasteiger partial charge is 0.293 e. The van der Waals surface area contributed by atoms with Gasteiger partial charge in [-0.15, -0.1) is 0 Å². The molecule has 0 radical (unpaired) electrons. The number of nitrogens with zero attached hydrogens (tertiary/aromatic N) is 1. The number of carbonyl (C=O) groups is 2. The molecule has 6 heteroatoms. The Morgan fingerprint density at radius 1 is 1.33 bits per heavy atom. The van der Waals surface area contributed by atoms with Crippen LogP contribution in [0.5, 0.6) is 5.75 Å². The molecule has 2 rings (SSSR count). The van der Waals surface area contributed by atoms with Crippen LogP contribution in [0.2, 0.25) is 0 Å². The quantitative estimate of drug-likeness (QED) is 0.726. The van der Waals surface area contributed by atoms with Crippen molar-refractivity contribution < 1.29 is 14.3 Å². The van der Waals surface area contributed by atoms with E-state index in [1.807, 2.05) is 32.0 Å². The van der Waals surface area contributed by atoms with E-state index in [1.54, 1.807) is 6.08 Å². The zero-order valence-corrected chi connectivity index (χ0v) is 14.3. The molecule has 1 aromatic carbocycles. The Labute approximate surface area is 136 Å². The summed E-state index contributed by atoms with van der Waals surface area (Å²) >= 11 is 4.43. The topological polar surface area (TPSA) is 46.6 Å². The molecule has 1 saturated heterocycles. The van der Waals surface area contributed by atoms with Crippen LogP contribution in [-0.2, 0) is 4.79 Å². The first kappa shape index (κ1) is 16.1. The summed E-state index contributed by atoms with van der Waals surface area (Å²) in [5.74, 6) is 0.547. The number of ether oxygens (including phenoxy) is 1. The van der Waals surface area contributed by atoms with E-state index in [0.29, 0.717) is 18.1 Å². The number of carbonyl (C=O) groups excluding carboxylic acids is 2. The molecule has 0 spiro atoms. The minimum absolute atomic E-state index is 0.196. The van der Waals surface area contributed by atoms with Crippen LogP contribution < -0.4 is 4.74 Å². The number of hydrogen-bond acceptors (Lipinski definition) is 4. The molecule has 0 unspecified atom stereocenters. The molecule has 1 aliphatic rings. The number of rotatable bonds is 5. The van der Waals surface area contributed by atoms with E-state index in [0.717, 1.165) is 34.0 Å². The van der Waals surface area contributed by atoms with Gasteiger partial charge in [-0.2, -0.15) is 0 Å². The molecule has 2 amide bonds. The van der Waals surface area contributed by atoms with Gasteiger partial charge >= 0.3 is 0 Å². The lowest BCUT2D eigenvalue weighted by Crippen LogP contribution is -2.28. The van der Waals surface area contributed by atoms with Crippen LogP contribution >= 0.6 is 27.7 Å². The molecule has 1 aliphatic heterocycles. The van der Waals surface area contributed by atoms with Gasteiger partial charge in [0.2, 0.25) is 0 Å². The average molecular weight is 370 g/mol. The predicted molar refractivity (Wildman–Crippen MR) is 88.3 cm³/mol. The zero-order valence-electron chi connectivity index (χ0n) is 11.9. The molecule has 0 aliphatic carbocycles. The molecule has 0 N–H and O–H groups in total. The summed E-state index contributed by atoms with van der Waals surface area (Å²) in [6, 6.07) is 5.58. The molecule has 1 aromatic rings. The van der Waals surface area contributed by atoms with Gasteiger partial charge in [0.25, 0.3) is 11.1 Å². The van der Waals surface area contributed by atoms with E-state index >= 15 is 0 Å². The first-order valence-corrected chi connectivity index (χ1v) is 8.35. The third-order valence-corrected chi connectivity index (χ3v) is 4.40. The first-order chi connectivity index (χ1) is 10.1. The molecule has 0 bridgehead atoms. The fraction of sp³-hybridized carbons (Fsp3) is 0.333. The molecular weight excluding hydrogens is 354 g/mol. The Morgan fingerprint density at radius 3 is 2.71 bits per heavy atom. The van der Waals surface area contributed by atoms with E-state index in [9.17, 15) is 9.59 Å². The van der Waals surface area contributed by atoms with Gasteiger partial charge in [-0.1, -0.05) is 13.0 Å². The first-order valence-electron chi connectivity index (χ1n) is 6.74. The van der Waals surface area contributed by atoms with Crippen molar-refractivity contribution in [2.75, 3.05) is 13.2 Å². The van der Waals surface area contributed by atoms with Crippen molar-refractivity contribution in [1.29, 1.82) is 0 Å². The summed E-state index contributed by atoms with van der Waals surface area (Å²) in [6.45, 7) is 4.92. The molecule has 0 atom stereocenters. The van der Waals surface area contributed by atoms with E-state index in [2.05, 4.69) is 15.9 Å². The minimum atomic E-state index is -0.211. The summed E-state index contributed by atoms with van der Waals surface area (Å²) in [5, 5.41) is -0.196. The Bertz CT molecular complexity index is 601. The minimum Gasteiger partial charge on any atom is -0.493 e. The molecule has 21 heavy (non-hydrogen) atoms. The van der Waals surface area contributed by atoms with E-state index in [4.69, 9.17) is 4.74 Å². The second-order valence-corrected chi connectivity index (χ2v) is 6.30. The van der Waals surface area contributed by atoms with Crippen molar-refractivity contribution in [1.82, 2.24) is 4.90 Å². The second-order valence-electron chi connectivity index (χ2n) is 4.46. The summed E-state index contributed by atoms with van der Waals surface area (Å²) in [4.78, 5) is 25.7. The van der Waals surface area contributed by atoms with Crippen LogP contribution in [-0.4, -0.2) is 29.2 Å². The number of benzene rings is 1.